The number of carbonyl (C=O) groups is 2. The normalized spacial score (nSPS) is 11.1. The van der Waals surface area contributed by atoms with Gasteiger partial charge in [0.15, 0.2) is 11.5 Å². The molecule has 2 aromatic carbocycles. The van der Waals surface area contributed by atoms with Crippen LogP contribution in [0.25, 0.3) is 22.3 Å². The summed E-state index contributed by atoms with van der Waals surface area (Å²) in [7, 11) is 0. The predicted molar refractivity (Wildman–Crippen MR) is 134 cm³/mol. The average molecular weight is 500 g/mol. The molecule has 0 fully saturated rings. The summed E-state index contributed by atoms with van der Waals surface area (Å²) in [5, 5.41) is 9.16. The highest BCUT2D eigenvalue weighted by molar-refractivity contribution is 6.06. The molecule has 5 aromatic rings. The molecule has 0 aliphatic rings. The van der Waals surface area contributed by atoms with Gasteiger partial charge in [-0.3, -0.25) is 25.2 Å². The number of nitrogens with zero attached hydrogens (tertiary/aromatic N) is 5. The van der Waals surface area contributed by atoms with Gasteiger partial charge in [-0.1, -0.05) is 30.3 Å². The van der Waals surface area contributed by atoms with Crippen molar-refractivity contribution in [2.45, 2.75) is 19.9 Å². The van der Waals surface area contributed by atoms with E-state index >= 15 is 0 Å². The third kappa shape index (κ3) is 4.27. The lowest BCUT2D eigenvalue weighted by Gasteiger charge is -2.14. The van der Waals surface area contributed by atoms with Crippen molar-refractivity contribution in [3.63, 3.8) is 0 Å². The Balaban J connectivity index is 1.47. The molecular weight excluding hydrogens is 477 g/mol. The van der Waals surface area contributed by atoms with Crippen LogP contribution in [0.15, 0.2) is 84.0 Å². The van der Waals surface area contributed by atoms with Gasteiger partial charge in [-0.05, 0) is 44.2 Å². The highest BCUT2D eigenvalue weighted by Gasteiger charge is 2.23. The Bertz CT molecular complexity index is 1690. The second kappa shape index (κ2) is 9.53. The molecule has 0 aliphatic carbocycles. The molecule has 11 heteroatoms. The van der Waals surface area contributed by atoms with Crippen LogP contribution in [0.2, 0.25) is 0 Å². The minimum absolute atomic E-state index is 0.0168. The average Bonchev–Trinajstić information content (AvgIpc) is 3.58. The van der Waals surface area contributed by atoms with Crippen molar-refractivity contribution < 1.29 is 14.0 Å². The quantitative estimate of drug-likeness (QED) is 0.361. The van der Waals surface area contributed by atoms with Gasteiger partial charge in [-0.2, -0.15) is 10.2 Å². The van der Waals surface area contributed by atoms with Crippen molar-refractivity contribution in [3.05, 3.63) is 107 Å². The van der Waals surface area contributed by atoms with E-state index in [0.717, 1.165) is 0 Å². The first kappa shape index (κ1) is 23.7. The third-order valence-corrected chi connectivity index (χ3v) is 5.74. The predicted octanol–water partition coefficient (Wildman–Crippen LogP) is 3.17. The Labute approximate surface area is 209 Å². The van der Waals surface area contributed by atoms with Crippen molar-refractivity contribution in [2.75, 3.05) is 0 Å². The van der Waals surface area contributed by atoms with Crippen LogP contribution in [0.4, 0.5) is 4.39 Å². The van der Waals surface area contributed by atoms with E-state index in [1.807, 2.05) is 0 Å². The monoisotopic (exact) mass is 499 g/mol. The van der Waals surface area contributed by atoms with Crippen LogP contribution in [0, 0.1) is 5.82 Å². The van der Waals surface area contributed by atoms with Crippen LogP contribution in [0.5, 0.6) is 0 Å². The minimum atomic E-state index is -0.706. The molecule has 37 heavy (non-hydrogen) atoms. The number of hydrogen-bond acceptors (Lipinski definition) is 5. The fourth-order valence-electron chi connectivity index (χ4n) is 3.99. The molecular formula is C26H22FN7O3. The lowest BCUT2D eigenvalue weighted by Crippen LogP contribution is -2.43. The van der Waals surface area contributed by atoms with E-state index in [2.05, 4.69) is 21.0 Å². The van der Waals surface area contributed by atoms with Gasteiger partial charge in [0.05, 0.1) is 17.6 Å². The number of halogens is 1. The molecule has 10 nitrogen and oxygen atoms in total. The summed E-state index contributed by atoms with van der Waals surface area (Å²) >= 11 is 0. The smallest absolute Gasteiger partial charge is 0.290 e. The highest BCUT2D eigenvalue weighted by atomic mass is 19.1. The first-order valence-electron chi connectivity index (χ1n) is 11.5. The highest BCUT2D eigenvalue weighted by Crippen LogP contribution is 2.22. The maximum atomic E-state index is 14.5. The molecule has 0 saturated heterocycles. The summed E-state index contributed by atoms with van der Waals surface area (Å²) in [6, 6.07) is 15.9. The zero-order valence-electron chi connectivity index (χ0n) is 19.9. The first-order chi connectivity index (χ1) is 17.9. The van der Waals surface area contributed by atoms with Crippen molar-refractivity contribution in [2.24, 2.45) is 0 Å². The minimum Gasteiger partial charge on any atom is -0.308 e. The summed E-state index contributed by atoms with van der Waals surface area (Å²) < 4.78 is 18.7. The number of carbonyl (C=O) groups excluding carboxylic acids is 2. The Kier molecular flexibility index (Phi) is 6.10. The van der Waals surface area contributed by atoms with E-state index in [-0.39, 0.29) is 34.4 Å². The molecule has 0 atom stereocenters. The fraction of sp³-hybridized carbons (Fsp3) is 0.115. The number of hydrogen-bond donors (Lipinski definition) is 2. The lowest BCUT2D eigenvalue weighted by molar-refractivity contribution is 0.0843. The summed E-state index contributed by atoms with van der Waals surface area (Å²) in [4.78, 5) is 39.0. The maximum Gasteiger partial charge on any atom is 0.290 e. The van der Waals surface area contributed by atoms with Gasteiger partial charge in [0, 0.05) is 17.8 Å². The molecule has 0 aliphatic heterocycles. The molecule has 0 spiro atoms. The van der Waals surface area contributed by atoms with Gasteiger partial charge in [-0.25, -0.2) is 13.8 Å². The summed E-state index contributed by atoms with van der Waals surface area (Å²) in [6.07, 6.45) is 4.67. The van der Waals surface area contributed by atoms with E-state index in [0.29, 0.717) is 10.8 Å². The Hall–Kier alpha value is -5.06. The molecule has 0 saturated carbocycles. The van der Waals surface area contributed by atoms with Gasteiger partial charge in [0.1, 0.15) is 17.1 Å². The zero-order chi connectivity index (χ0) is 26.1. The Morgan fingerprint density at radius 1 is 0.892 bits per heavy atom. The SMILES string of the molecule is CC(C)n1nc(C(=O)NNC(=O)c2cnn(-c3ccccc3F)c2-n2cccc2)c2ccccc2c1=O. The van der Waals surface area contributed by atoms with Crippen molar-refractivity contribution in [1.29, 1.82) is 0 Å². The third-order valence-electron chi connectivity index (χ3n) is 5.74. The van der Waals surface area contributed by atoms with Crippen LogP contribution in [0.3, 0.4) is 0 Å². The number of fused-ring (bicyclic) bond motifs is 1. The number of rotatable bonds is 5. The molecule has 0 unspecified atom stereocenters. The summed E-state index contributed by atoms with van der Waals surface area (Å²) in [6.45, 7) is 3.56. The number of benzene rings is 2. The van der Waals surface area contributed by atoms with E-state index in [4.69, 9.17) is 0 Å². The summed E-state index contributed by atoms with van der Waals surface area (Å²) in [5.74, 6) is -1.62. The van der Waals surface area contributed by atoms with Crippen molar-refractivity contribution in [1.82, 2.24) is 35.0 Å². The van der Waals surface area contributed by atoms with Crippen LogP contribution in [-0.4, -0.2) is 35.9 Å². The number of hydrazine groups is 1. The molecule has 2 amide bonds. The largest absolute Gasteiger partial charge is 0.308 e. The van der Waals surface area contributed by atoms with Crippen LogP contribution in [-0.2, 0) is 0 Å². The molecule has 0 radical (unpaired) electrons. The lowest BCUT2D eigenvalue weighted by atomic mass is 10.1. The second-order valence-electron chi connectivity index (χ2n) is 8.48. The number of nitrogens with one attached hydrogen (secondary N) is 2. The van der Waals surface area contributed by atoms with Gasteiger partial charge >= 0.3 is 0 Å². The van der Waals surface area contributed by atoms with Crippen molar-refractivity contribution >= 4 is 22.6 Å². The molecule has 186 valence electrons. The van der Waals surface area contributed by atoms with Crippen LogP contribution in [0.1, 0.15) is 40.7 Å². The number of aromatic nitrogens is 5. The van der Waals surface area contributed by atoms with E-state index in [1.54, 1.807) is 85.4 Å². The zero-order valence-corrected chi connectivity index (χ0v) is 19.9. The Morgan fingerprint density at radius 3 is 2.24 bits per heavy atom. The topological polar surface area (TPSA) is 116 Å². The molecule has 0 bridgehead atoms. The van der Waals surface area contributed by atoms with Gasteiger partial charge in [-0.15, -0.1) is 0 Å². The Morgan fingerprint density at radius 2 is 1.54 bits per heavy atom. The van der Waals surface area contributed by atoms with Crippen molar-refractivity contribution in [3.8, 4) is 11.5 Å². The maximum absolute atomic E-state index is 14.5. The molecule has 2 N–H and O–H groups in total. The second-order valence-corrected chi connectivity index (χ2v) is 8.48. The number of para-hydroxylation sites is 1. The number of amides is 2. The van der Waals surface area contributed by atoms with E-state index < -0.39 is 17.6 Å². The van der Waals surface area contributed by atoms with Gasteiger partial charge < -0.3 is 4.57 Å². The molecule has 5 rings (SSSR count). The van der Waals surface area contributed by atoms with Gasteiger partial charge in [0.2, 0.25) is 0 Å². The summed E-state index contributed by atoms with van der Waals surface area (Å²) in [5.41, 5.74) is 4.66. The first-order valence-corrected chi connectivity index (χ1v) is 11.5. The van der Waals surface area contributed by atoms with E-state index in [9.17, 15) is 18.8 Å². The van der Waals surface area contributed by atoms with E-state index in [1.165, 1.54) is 21.6 Å². The molecule has 3 aromatic heterocycles. The van der Waals surface area contributed by atoms with Gasteiger partial charge in [0.25, 0.3) is 17.4 Å². The van der Waals surface area contributed by atoms with Crippen LogP contribution >= 0.6 is 0 Å². The standard InChI is InChI=1S/C26H22FN7O3/c1-16(2)33-26(37)18-10-4-3-9-17(18)22(31-33)24(36)30-29-23(35)19-15-28-34(21-12-6-5-11-20(21)27)25(19)32-13-7-8-14-32/h3-16H,1-2H3,(H,29,35)(H,30,36). The fourth-order valence-corrected chi connectivity index (χ4v) is 3.99. The van der Waals surface area contributed by atoms with Crippen LogP contribution < -0.4 is 16.4 Å². The molecule has 3 heterocycles.